The molecule has 0 aliphatic carbocycles. The van der Waals surface area contributed by atoms with E-state index >= 15 is 0 Å². The number of carbonyl (C=O) groups is 1. The van der Waals surface area contributed by atoms with E-state index in [2.05, 4.69) is 15.6 Å². The number of carbonyl (C=O) groups excluding carboxylic acids is 1. The summed E-state index contributed by atoms with van der Waals surface area (Å²) in [5, 5.41) is 6.19. The quantitative estimate of drug-likeness (QED) is 0.789. The van der Waals surface area contributed by atoms with Gasteiger partial charge in [0.15, 0.2) is 0 Å². The summed E-state index contributed by atoms with van der Waals surface area (Å²) in [6.07, 6.45) is 4.60. The largest absolute Gasteiger partial charge is 0.350 e. The fraction of sp³-hybridized carbons (Fsp3) is 0.500. The lowest BCUT2D eigenvalue weighted by Crippen LogP contribution is -2.31. The third-order valence-electron chi connectivity index (χ3n) is 2.79. The van der Waals surface area contributed by atoms with E-state index < -0.39 is 0 Å². The Kier molecular flexibility index (Phi) is 3.88. The summed E-state index contributed by atoms with van der Waals surface area (Å²) in [6.45, 7) is 1.56. The molecule has 1 aliphatic heterocycles. The molecule has 0 radical (unpaired) electrons. The van der Waals surface area contributed by atoms with Crippen LogP contribution >= 0.6 is 0 Å². The molecule has 1 aliphatic rings. The first-order valence-corrected chi connectivity index (χ1v) is 5.74. The van der Waals surface area contributed by atoms with Crippen LogP contribution in [0.1, 0.15) is 25.0 Å². The van der Waals surface area contributed by atoms with Crippen LogP contribution in [-0.2, 0) is 11.3 Å². The van der Waals surface area contributed by atoms with Gasteiger partial charge in [-0.3, -0.25) is 9.78 Å². The van der Waals surface area contributed by atoms with Crippen molar-refractivity contribution in [3.63, 3.8) is 0 Å². The number of nitrogens with one attached hydrogen (secondary N) is 2. The van der Waals surface area contributed by atoms with Gasteiger partial charge in [-0.05, 0) is 31.5 Å². The minimum Gasteiger partial charge on any atom is -0.350 e. The third-order valence-corrected chi connectivity index (χ3v) is 2.79. The summed E-state index contributed by atoms with van der Waals surface area (Å²) in [6, 6.07) is 6.07. The van der Waals surface area contributed by atoms with E-state index in [1.807, 2.05) is 18.2 Å². The number of nitrogens with zero attached hydrogens (tertiary/aromatic N) is 1. The van der Waals surface area contributed by atoms with E-state index in [1.165, 1.54) is 6.42 Å². The Morgan fingerprint density at radius 1 is 1.56 bits per heavy atom. The maximum atomic E-state index is 11.6. The van der Waals surface area contributed by atoms with Crippen LogP contribution in [0.25, 0.3) is 0 Å². The molecule has 0 spiro atoms. The highest BCUT2D eigenvalue weighted by Gasteiger charge is 2.17. The molecule has 1 aromatic heterocycles. The number of hydrogen-bond donors (Lipinski definition) is 2. The molecule has 1 unspecified atom stereocenters. The molecule has 0 bridgehead atoms. The molecule has 1 aromatic rings. The Bertz CT molecular complexity index is 333. The van der Waals surface area contributed by atoms with Crippen molar-refractivity contribution in [3.05, 3.63) is 30.1 Å². The number of hydrogen-bond acceptors (Lipinski definition) is 3. The molecule has 2 rings (SSSR count). The third kappa shape index (κ3) is 3.31. The van der Waals surface area contributed by atoms with Gasteiger partial charge in [0.05, 0.1) is 12.2 Å². The van der Waals surface area contributed by atoms with Gasteiger partial charge in [0, 0.05) is 18.7 Å². The summed E-state index contributed by atoms with van der Waals surface area (Å²) in [5.74, 6) is 0.102. The van der Waals surface area contributed by atoms with Crippen LogP contribution in [0.2, 0.25) is 0 Å². The molecule has 1 amide bonds. The molecule has 2 N–H and O–H groups in total. The number of rotatable bonds is 4. The molecule has 1 atom stereocenters. The SMILES string of the molecule is O=C(CC1CCCN1)NCc1ccccn1. The maximum absolute atomic E-state index is 11.6. The van der Waals surface area contributed by atoms with E-state index in [0.29, 0.717) is 19.0 Å². The van der Waals surface area contributed by atoms with Gasteiger partial charge >= 0.3 is 0 Å². The molecule has 2 heterocycles. The summed E-state index contributed by atoms with van der Waals surface area (Å²) in [4.78, 5) is 15.7. The minimum absolute atomic E-state index is 0.102. The maximum Gasteiger partial charge on any atom is 0.221 e. The molecule has 86 valence electrons. The smallest absolute Gasteiger partial charge is 0.221 e. The monoisotopic (exact) mass is 219 g/mol. The fourth-order valence-corrected chi connectivity index (χ4v) is 1.92. The highest BCUT2D eigenvalue weighted by atomic mass is 16.1. The topological polar surface area (TPSA) is 54.0 Å². The van der Waals surface area contributed by atoms with E-state index in [9.17, 15) is 4.79 Å². The summed E-state index contributed by atoms with van der Waals surface area (Å²) in [7, 11) is 0. The molecular formula is C12H17N3O. The van der Waals surface area contributed by atoms with Gasteiger partial charge in [-0.25, -0.2) is 0 Å². The van der Waals surface area contributed by atoms with Crippen molar-refractivity contribution in [2.45, 2.75) is 31.8 Å². The predicted molar refractivity (Wildman–Crippen MR) is 61.7 cm³/mol. The standard InChI is InChI=1S/C12H17N3O/c16-12(8-10-5-3-7-13-10)15-9-11-4-1-2-6-14-11/h1-2,4,6,10,13H,3,5,7-9H2,(H,15,16). The van der Waals surface area contributed by atoms with Crippen LogP contribution in [0.15, 0.2) is 24.4 Å². The lowest BCUT2D eigenvalue weighted by molar-refractivity contribution is -0.121. The first-order valence-electron chi connectivity index (χ1n) is 5.74. The summed E-state index contributed by atoms with van der Waals surface area (Å²) in [5.41, 5.74) is 0.898. The van der Waals surface area contributed by atoms with Crippen LogP contribution in [0.4, 0.5) is 0 Å². The molecule has 0 aromatic carbocycles. The van der Waals surface area contributed by atoms with Crippen molar-refractivity contribution >= 4 is 5.91 Å². The number of pyridine rings is 1. The second-order valence-corrected chi connectivity index (χ2v) is 4.10. The van der Waals surface area contributed by atoms with Gasteiger partial charge in [0.25, 0.3) is 0 Å². The Balaban J connectivity index is 1.71. The van der Waals surface area contributed by atoms with Gasteiger partial charge in [-0.15, -0.1) is 0 Å². The van der Waals surface area contributed by atoms with Crippen molar-refractivity contribution in [3.8, 4) is 0 Å². The van der Waals surface area contributed by atoms with Gasteiger partial charge < -0.3 is 10.6 Å². The first kappa shape index (κ1) is 11.1. The van der Waals surface area contributed by atoms with Crippen LogP contribution in [0, 0.1) is 0 Å². The van der Waals surface area contributed by atoms with Gasteiger partial charge in [-0.2, -0.15) is 0 Å². The van der Waals surface area contributed by atoms with Gasteiger partial charge in [0.1, 0.15) is 0 Å². The van der Waals surface area contributed by atoms with Crippen molar-refractivity contribution in [2.75, 3.05) is 6.54 Å². The van der Waals surface area contributed by atoms with Crippen molar-refractivity contribution in [2.24, 2.45) is 0 Å². The number of amides is 1. The summed E-state index contributed by atoms with van der Waals surface area (Å²) >= 11 is 0. The Morgan fingerprint density at radius 3 is 3.19 bits per heavy atom. The second kappa shape index (κ2) is 5.61. The molecule has 1 saturated heterocycles. The molecular weight excluding hydrogens is 202 g/mol. The van der Waals surface area contributed by atoms with Crippen molar-refractivity contribution < 1.29 is 4.79 Å². The van der Waals surface area contributed by atoms with Crippen LogP contribution < -0.4 is 10.6 Å². The Morgan fingerprint density at radius 2 is 2.50 bits per heavy atom. The zero-order chi connectivity index (χ0) is 11.2. The zero-order valence-electron chi connectivity index (χ0n) is 9.28. The Labute approximate surface area is 95.5 Å². The van der Waals surface area contributed by atoms with Crippen LogP contribution in [-0.4, -0.2) is 23.5 Å². The lowest BCUT2D eigenvalue weighted by Gasteiger charge is -2.09. The molecule has 4 nitrogen and oxygen atoms in total. The number of aromatic nitrogens is 1. The van der Waals surface area contributed by atoms with Crippen LogP contribution in [0.5, 0.6) is 0 Å². The summed E-state index contributed by atoms with van der Waals surface area (Å²) < 4.78 is 0. The van der Waals surface area contributed by atoms with Crippen molar-refractivity contribution in [1.82, 2.24) is 15.6 Å². The first-order chi connectivity index (χ1) is 7.84. The van der Waals surface area contributed by atoms with Gasteiger partial charge in [-0.1, -0.05) is 6.07 Å². The van der Waals surface area contributed by atoms with Crippen molar-refractivity contribution in [1.29, 1.82) is 0 Å². The molecule has 1 fully saturated rings. The average molecular weight is 219 g/mol. The van der Waals surface area contributed by atoms with E-state index in [0.717, 1.165) is 18.7 Å². The highest BCUT2D eigenvalue weighted by molar-refractivity contribution is 5.76. The van der Waals surface area contributed by atoms with E-state index in [4.69, 9.17) is 0 Å². The second-order valence-electron chi connectivity index (χ2n) is 4.10. The predicted octanol–water partition coefficient (Wildman–Crippen LogP) is 0.840. The van der Waals surface area contributed by atoms with Gasteiger partial charge in [0.2, 0.25) is 5.91 Å². The average Bonchev–Trinajstić information content (AvgIpc) is 2.81. The van der Waals surface area contributed by atoms with E-state index in [-0.39, 0.29) is 5.91 Å². The Hall–Kier alpha value is -1.42. The zero-order valence-corrected chi connectivity index (χ0v) is 9.28. The molecule has 0 saturated carbocycles. The fourth-order valence-electron chi connectivity index (χ4n) is 1.92. The van der Waals surface area contributed by atoms with E-state index in [1.54, 1.807) is 6.20 Å². The molecule has 4 heteroatoms. The minimum atomic E-state index is 0.102. The highest BCUT2D eigenvalue weighted by Crippen LogP contribution is 2.08. The van der Waals surface area contributed by atoms with Crippen LogP contribution in [0.3, 0.4) is 0 Å². The molecule has 16 heavy (non-hydrogen) atoms. The lowest BCUT2D eigenvalue weighted by atomic mass is 10.1. The normalized spacial score (nSPS) is 19.6.